The van der Waals surface area contributed by atoms with Crippen LogP contribution in [0, 0.1) is 5.92 Å². The lowest BCUT2D eigenvalue weighted by Gasteiger charge is -2.10. The Balaban J connectivity index is 2.40. The monoisotopic (exact) mass is 349 g/mol. The molecule has 0 radical (unpaired) electrons. The molecule has 0 spiro atoms. The number of hydrogen-bond acceptors (Lipinski definition) is 3. The fourth-order valence-electron chi connectivity index (χ4n) is 1.14. The first-order chi connectivity index (χ1) is 8.90. The molecule has 104 valence electrons. The van der Waals surface area contributed by atoms with Crippen molar-refractivity contribution in [2.45, 2.75) is 6.92 Å². The summed E-state index contributed by atoms with van der Waals surface area (Å²) in [5.41, 5.74) is 0. The van der Waals surface area contributed by atoms with Gasteiger partial charge in [-0.25, -0.2) is 0 Å². The molecule has 0 bridgehead atoms. The third-order valence-electron chi connectivity index (χ3n) is 2.28. The van der Waals surface area contributed by atoms with Gasteiger partial charge in [0.05, 0.1) is 10.4 Å². The molecule has 1 aromatic rings. The van der Waals surface area contributed by atoms with Crippen LogP contribution in [-0.4, -0.2) is 30.1 Å². The van der Waals surface area contributed by atoms with Crippen molar-refractivity contribution in [3.63, 3.8) is 0 Å². The number of carboxylic acid groups (broad SMARTS) is 1. The Morgan fingerprint density at radius 3 is 2.79 bits per heavy atom. The van der Waals surface area contributed by atoms with Crippen molar-refractivity contribution in [2.24, 2.45) is 5.92 Å². The van der Waals surface area contributed by atoms with Gasteiger partial charge >= 0.3 is 5.97 Å². The molecule has 5 nitrogen and oxygen atoms in total. The summed E-state index contributed by atoms with van der Waals surface area (Å²) in [4.78, 5) is 22.0. The van der Waals surface area contributed by atoms with Crippen LogP contribution < -0.4 is 10.1 Å². The predicted octanol–water partition coefficient (Wildman–Crippen LogP) is 2.32. The number of carboxylic acids is 1. The molecule has 1 aromatic carbocycles. The van der Waals surface area contributed by atoms with Gasteiger partial charge in [-0.3, -0.25) is 9.59 Å². The minimum absolute atomic E-state index is 0.0688. The van der Waals surface area contributed by atoms with E-state index in [1.165, 1.54) is 6.92 Å². The lowest BCUT2D eigenvalue weighted by atomic mass is 10.2. The number of aliphatic carboxylic acids is 1. The molecule has 19 heavy (non-hydrogen) atoms. The normalized spacial score (nSPS) is 11.7. The highest BCUT2D eigenvalue weighted by atomic mass is 79.9. The second-order valence-electron chi connectivity index (χ2n) is 3.91. The van der Waals surface area contributed by atoms with Crippen LogP contribution in [0.5, 0.6) is 5.75 Å². The van der Waals surface area contributed by atoms with Gasteiger partial charge in [-0.15, -0.1) is 0 Å². The van der Waals surface area contributed by atoms with Gasteiger partial charge in [0.1, 0.15) is 5.75 Å². The van der Waals surface area contributed by atoms with Crippen LogP contribution >= 0.6 is 27.5 Å². The standard InChI is InChI=1S/C12H13BrClNO4/c1-7(12(17)18)5-15-11(16)6-19-10-3-2-8(14)4-9(10)13/h2-4,7H,5-6H2,1H3,(H,15,16)(H,17,18). The summed E-state index contributed by atoms with van der Waals surface area (Å²) in [6.45, 7) is 1.39. The maximum atomic E-state index is 11.5. The van der Waals surface area contributed by atoms with Gasteiger partial charge in [0.2, 0.25) is 0 Å². The molecule has 0 saturated carbocycles. The third kappa shape index (κ3) is 5.48. The molecule has 7 heteroatoms. The molecular weight excluding hydrogens is 337 g/mol. The highest BCUT2D eigenvalue weighted by Crippen LogP contribution is 2.27. The van der Waals surface area contributed by atoms with E-state index in [0.29, 0.717) is 15.2 Å². The predicted molar refractivity (Wildman–Crippen MR) is 74.5 cm³/mol. The second kappa shape index (κ2) is 7.35. The molecule has 0 fully saturated rings. The van der Waals surface area contributed by atoms with Crippen LogP contribution in [0.3, 0.4) is 0 Å². The van der Waals surface area contributed by atoms with Crippen LogP contribution in [0.2, 0.25) is 5.02 Å². The van der Waals surface area contributed by atoms with Crippen molar-refractivity contribution in [3.8, 4) is 5.75 Å². The van der Waals surface area contributed by atoms with E-state index in [-0.39, 0.29) is 19.1 Å². The number of nitrogens with one attached hydrogen (secondary N) is 1. The number of halogens is 2. The number of amides is 1. The van der Waals surface area contributed by atoms with Gasteiger partial charge in [0.25, 0.3) is 5.91 Å². The third-order valence-corrected chi connectivity index (χ3v) is 3.13. The van der Waals surface area contributed by atoms with E-state index in [0.717, 1.165) is 0 Å². The molecule has 0 aliphatic rings. The number of ether oxygens (including phenoxy) is 1. The highest BCUT2D eigenvalue weighted by molar-refractivity contribution is 9.10. The highest BCUT2D eigenvalue weighted by Gasteiger charge is 2.12. The summed E-state index contributed by atoms with van der Waals surface area (Å²) in [5.74, 6) is -1.48. The fraction of sp³-hybridized carbons (Fsp3) is 0.333. The van der Waals surface area contributed by atoms with E-state index >= 15 is 0 Å². The molecule has 0 heterocycles. The van der Waals surface area contributed by atoms with Crippen LogP contribution in [-0.2, 0) is 9.59 Å². The summed E-state index contributed by atoms with van der Waals surface area (Å²) < 4.78 is 5.93. The van der Waals surface area contributed by atoms with Crippen molar-refractivity contribution in [3.05, 3.63) is 27.7 Å². The maximum absolute atomic E-state index is 11.5. The Labute approximate surface area is 124 Å². The van der Waals surface area contributed by atoms with E-state index in [1.54, 1.807) is 18.2 Å². The van der Waals surface area contributed by atoms with Gasteiger partial charge in [-0.2, -0.15) is 0 Å². The molecule has 0 aromatic heterocycles. The summed E-state index contributed by atoms with van der Waals surface area (Å²) in [7, 11) is 0. The van der Waals surface area contributed by atoms with Crippen LogP contribution in [0.15, 0.2) is 22.7 Å². The van der Waals surface area contributed by atoms with Crippen LogP contribution in [0.25, 0.3) is 0 Å². The zero-order chi connectivity index (χ0) is 14.4. The lowest BCUT2D eigenvalue weighted by molar-refractivity contribution is -0.141. The van der Waals surface area contributed by atoms with E-state index < -0.39 is 11.9 Å². The molecule has 1 amide bonds. The van der Waals surface area contributed by atoms with Gasteiger partial charge < -0.3 is 15.2 Å². The Hall–Kier alpha value is -1.27. The number of hydrogen-bond donors (Lipinski definition) is 2. The smallest absolute Gasteiger partial charge is 0.308 e. The Bertz CT molecular complexity index is 481. The van der Waals surface area contributed by atoms with Crippen molar-refractivity contribution in [2.75, 3.05) is 13.2 Å². The largest absolute Gasteiger partial charge is 0.483 e. The first-order valence-electron chi connectivity index (χ1n) is 5.47. The average molecular weight is 351 g/mol. The van der Waals surface area contributed by atoms with Crippen LogP contribution in [0.4, 0.5) is 0 Å². The average Bonchev–Trinajstić information content (AvgIpc) is 2.34. The molecule has 0 saturated heterocycles. The van der Waals surface area contributed by atoms with E-state index in [2.05, 4.69) is 21.2 Å². The molecule has 2 N–H and O–H groups in total. The molecule has 0 aliphatic heterocycles. The van der Waals surface area contributed by atoms with E-state index in [1.807, 2.05) is 0 Å². The Morgan fingerprint density at radius 1 is 1.53 bits per heavy atom. The Morgan fingerprint density at radius 2 is 2.21 bits per heavy atom. The summed E-state index contributed by atoms with van der Waals surface area (Å²) in [5, 5.41) is 11.7. The van der Waals surface area contributed by atoms with Gasteiger partial charge in [0, 0.05) is 11.6 Å². The SMILES string of the molecule is CC(CNC(=O)COc1ccc(Cl)cc1Br)C(=O)O. The second-order valence-corrected chi connectivity index (χ2v) is 5.20. The van der Waals surface area contributed by atoms with Gasteiger partial charge in [-0.1, -0.05) is 18.5 Å². The van der Waals surface area contributed by atoms with Gasteiger partial charge in [0.15, 0.2) is 6.61 Å². The van der Waals surface area contributed by atoms with Crippen molar-refractivity contribution in [1.82, 2.24) is 5.32 Å². The van der Waals surface area contributed by atoms with Crippen LogP contribution in [0.1, 0.15) is 6.92 Å². The Kier molecular flexibility index (Phi) is 6.11. The van der Waals surface area contributed by atoms with E-state index in [9.17, 15) is 9.59 Å². The number of carbonyl (C=O) groups excluding carboxylic acids is 1. The summed E-state index contributed by atoms with van der Waals surface area (Å²) in [6.07, 6.45) is 0. The fourth-order valence-corrected chi connectivity index (χ4v) is 1.94. The number of benzene rings is 1. The first-order valence-corrected chi connectivity index (χ1v) is 6.64. The van der Waals surface area contributed by atoms with Crippen molar-refractivity contribution < 1.29 is 19.4 Å². The van der Waals surface area contributed by atoms with Gasteiger partial charge in [-0.05, 0) is 34.1 Å². The summed E-state index contributed by atoms with van der Waals surface area (Å²) in [6, 6.07) is 4.94. The molecule has 1 rings (SSSR count). The molecular formula is C12H13BrClNO4. The van der Waals surface area contributed by atoms with Crippen molar-refractivity contribution in [1.29, 1.82) is 0 Å². The quantitative estimate of drug-likeness (QED) is 0.825. The maximum Gasteiger partial charge on any atom is 0.308 e. The number of carbonyl (C=O) groups is 2. The molecule has 1 atom stereocenters. The lowest BCUT2D eigenvalue weighted by Crippen LogP contribution is -2.34. The minimum atomic E-state index is -0.957. The molecule has 1 unspecified atom stereocenters. The van der Waals surface area contributed by atoms with Crippen molar-refractivity contribution >= 4 is 39.4 Å². The topological polar surface area (TPSA) is 75.6 Å². The zero-order valence-corrected chi connectivity index (χ0v) is 12.5. The minimum Gasteiger partial charge on any atom is -0.483 e. The first kappa shape index (κ1) is 15.8. The zero-order valence-electron chi connectivity index (χ0n) is 10.2. The number of rotatable bonds is 6. The molecule has 0 aliphatic carbocycles. The van der Waals surface area contributed by atoms with E-state index in [4.69, 9.17) is 21.4 Å². The summed E-state index contributed by atoms with van der Waals surface area (Å²) >= 11 is 9.03.